The molecule has 0 atom stereocenters. The molecule has 4 heteroatoms. The van der Waals surface area contributed by atoms with Crippen molar-refractivity contribution < 1.29 is 0 Å². The van der Waals surface area contributed by atoms with Gasteiger partial charge in [0.25, 0.3) is 0 Å². The second-order valence-corrected chi connectivity index (χ2v) is 6.45. The van der Waals surface area contributed by atoms with Gasteiger partial charge in [0.05, 0.1) is 5.56 Å². The summed E-state index contributed by atoms with van der Waals surface area (Å²) in [6, 6.07) is 26.2. The van der Waals surface area contributed by atoms with Crippen LogP contribution in [0, 0.1) is 11.3 Å². The van der Waals surface area contributed by atoms with Gasteiger partial charge in [-0.15, -0.1) is 0 Å². The van der Waals surface area contributed by atoms with Gasteiger partial charge in [0.2, 0.25) is 0 Å². The quantitative estimate of drug-likeness (QED) is 0.520. The summed E-state index contributed by atoms with van der Waals surface area (Å²) in [5.74, 6) is 0.559. The molecule has 4 aromatic rings. The second-order valence-electron chi connectivity index (χ2n) is 6.45. The Balaban J connectivity index is 1.52. The van der Waals surface area contributed by atoms with Gasteiger partial charge in [-0.3, -0.25) is 4.98 Å². The van der Waals surface area contributed by atoms with Crippen molar-refractivity contribution in [3.8, 4) is 17.2 Å². The molecule has 134 valence electrons. The van der Waals surface area contributed by atoms with Crippen LogP contribution in [0.5, 0.6) is 0 Å². The predicted molar refractivity (Wildman–Crippen MR) is 111 cm³/mol. The molecule has 4 nitrogen and oxygen atoms in total. The molecule has 4 rings (SSSR count). The average molecular weight is 362 g/mol. The van der Waals surface area contributed by atoms with Crippen molar-refractivity contribution in [2.45, 2.75) is 6.42 Å². The number of aromatic nitrogens is 2. The number of hydrogen-bond acceptors (Lipinski definition) is 4. The van der Waals surface area contributed by atoms with Gasteiger partial charge in [-0.1, -0.05) is 42.5 Å². The van der Waals surface area contributed by atoms with E-state index in [9.17, 15) is 5.26 Å². The molecule has 0 aliphatic carbocycles. The lowest BCUT2D eigenvalue weighted by Gasteiger charge is -2.10. The molecule has 28 heavy (non-hydrogen) atoms. The lowest BCUT2D eigenvalue weighted by atomic mass is 10.1. The summed E-state index contributed by atoms with van der Waals surface area (Å²) in [5.41, 5.74) is 5.82. The van der Waals surface area contributed by atoms with Crippen molar-refractivity contribution in [2.24, 2.45) is 0 Å². The molecule has 0 saturated heterocycles. The van der Waals surface area contributed by atoms with Crippen LogP contribution >= 0.6 is 0 Å². The third-order valence-corrected chi connectivity index (χ3v) is 4.49. The van der Waals surface area contributed by atoms with Crippen molar-refractivity contribution in [1.29, 1.82) is 5.26 Å². The van der Waals surface area contributed by atoms with E-state index < -0.39 is 0 Å². The Morgan fingerprint density at radius 3 is 2.25 bits per heavy atom. The van der Waals surface area contributed by atoms with Crippen LogP contribution in [0.4, 0.5) is 11.5 Å². The minimum absolute atomic E-state index is 0.516. The number of hydrogen-bond donors (Lipinski definition) is 1. The van der Waals surface area contributed by atoms with E-state index in [0.29, 0.717) is 11.4 Å². The summed E-state index contributed by atoms with van der Waals surface area (Å²) in [4.78, 5) is 8.52. The van der Waals surface area contributed by atoms with E-state index in [2.05, 4.69) is 33.5 Å². The molecule has 0 saturated carbocycles. The monoisotopic (exact) mass is 362 g/mol. The summed E-state index contributed by atoms with van der Waals surface area (Å²) in [7, 11) is 0. The standard InChI is InChI=1S/C24H18N4/c25-16-21-15-22(20-4-2-1-3-5-20)17-27-24(21)28-23-8-6-18(7-9-23)14-19-10-12-26-13-11-19/h1-13,15,17H,14H2,(H,27,28). The maximum absolute atomic E-state index is 9.54. The zero-order valence-corrected chi connectivity index (χ0v) is 15.2. The summed E-state index contributed by atoms with van der Waals surface area (Å²) in [5, 5.41) is 12.8. The highest BCUT2D eigenvalue weighted by Gasteiger charge is 2.07. The number of nitriles is 1. The number of nitrogens with zero attached hydrogens (tertiary/aromatic N) is 3. The minimum atomic E-state index is 0.516. The molecule has 1 N–H and O–H groups in total. The zero-order chi connectivity index (χ0) is 19.2. The van der Waals surface area contributed by atoms with Gasteiger partial charge in [0, 0.05) is 29.8 Å². The van der Waals surface area contributed by atoms with Gasteiger partial charge in [-0.25, -0.2) is 4.98 Å². The first kappa shape index (κ1) is 17.4. The molecule has 0 bridgehead atoms. The van der Waals surface area contributed by atoms with Crippen LogP contribution in [0.15, 0.2) is 91.4 Å². The largest absolute Gasteiger partial charge is 0.339 e. The molecule has 2 aromatic heterocycles. The molecule has 2 aromatic carbocycles. The summed E-state index contributed by atoms with van der Waals surface area (Å²) >= 11 is 0. The molecule has 0 spiro atoms. The molecule has 2 heterocycles. The van der Waals surface area contributed by atoms with Gasteiger partial charge in [0.15, 0.2) is 0 Å². The zero-order valence-electron chi connectivity index (χ0n) is 15.2. The molecule has 0 fully saturated rings. The van der Waals surface area contributed by atoms with Gasteiger partial charge >= 0.3 is 0 Å². The Kier molecular flexibility index (Phi) is 5.08. The summed E-state index contributed by atoms with van der Waals surface area (Å²) in [6.45, 7) is 0. The SMILES string of the molecule is N#Cc1cc(-c2ccccc2)cnc1Nc1ccc(Cc2ccncc2)cc1. The number of pyridine rings is 2. The van der Waals surface area contributed by atoms with E-state index in [1.807, 2.05) is 60.7 Å². The van der Waals surface area contributed by atoms with E-state index in [4.69, 9.17) is 0 Å². The van der Waals surface area contributed by atoms with Gasteiger partial charge in [0.1, 0.15) is 11.9 Å². The highest BCUT2D eigenvalue weighted by molar-refractivity contribution is 5.70. The number of rotatable bonds is 5. The number of anilines is 2. The van der Waals surface area contributed by atoms with Crippen molar-refractivity contribution in [3.63, 3.8) is 0 Å². The van der Waals surface area contributed by atoms with Crippen molar-refractivity contribution >= 4 is 11.5 Å². The highest BCUT2D eigenvalue weighted by Crippen LogP contribution is 2.25. The van der Waals surface area contributed by atoms with Crippen molar-refractivity contribution in [3.05, 3.63) is 108 Å². The minimum Gasteiger partial charge on any atom is -0.339 e. The van der Waals surface area contributed by atoms with E-state index >= 15 is 0 Å². The first-order chi connectivity index (χ1) is 13.8. The molecular formula is C24H18N4. The smallest absolute Gasteiger partial charge is 0.148 e. The molecule has 0 aliphatic rings. The van der Waals surface area contributed by atoms with E-state index in [1.165, 1.54) is 11.1 Å². The van der Waals surface area contributed by atoms with Crippen LogP contribution in [-0.2, 0) is 6.42 Å². The number of nitrogens with one attached hydrogen (secondary N) is 1. The first-order valence-corrected chi connectivity index (χ1v) is 9.02. The highest BCUT2D eigenvalue weighted by atomic mass is 15.0. The van der Waals surface area contributed by atoms with Crippen LogP contribution in [0.1, 0.15) is 16.7 Å². The van der Waals surface area contributed by atoms with E-state index in [1.54, 1.807) is 18.6 Å². The maximum Gasteiger partial charge on any atom is 0.148 e. The van der Waals surface area contributed by atoms with Crippen LogP contribution in [0.3, 0.4) is 0 Å². The van der Waals surface area contributed by atoms with Gasteiger partial charge < -0.3 is 5.32 Å². The van der Waals surface area contributed by atoms with Crippen molar-refractivity contribution in [1.82, 2.24) is 9.97 Å². The molecular weight excluding hydrogens is 344 g/mol. The Bertz CT molecular complexity index is 1100. The molecule has 0 aliphatic heterocycles. The third-order valence-electron chi connectivity index (χ3n) is 4.49. The molecule has 0 radical (unpaired) electrons. The van der Waals surface area contributed by atoms with Crippen LogP contribution in [0.25, 0.3) is 11.1 Å². The molecule has 0 amide bonds. The van der Waals surface area contributed by atoms with E-state index in [-0.39, 0.29) is 0 Å². The lowest BCUT2D eigenvalue weighted by molar-refractivity contribution is 1.16. The average Bonchev–Trinajstić information content (AvgIpc) is 2.77. The lowest BCUT2D eigenvalue weighted by Crippen LogP contribution is -1.98. The predicted octanol–water partition coefficient (Wildman–Crippen LogP) is 5.35. The van der Waals surface area contributed by atoms with Crippen LogP contribution in [0.2, 0.25) is 0 Å². The normalized spacial score (nSPS) is 10.2. The Labute approximate surface area is 164 Å². The van der Waals surface area contributed by atoms with Gasteiger partial charge in [-0.2, -0.15) is 5.26 Å². The fourth-order valence-corrected chi connectivity index (χ4v) is 3.02. The topological polar surface area (TPSA) is 61.6 Å². The second kappa shape index (κ2) is 8.15. The summed E-state index contributed by atoms with van der Waals surface area (Å²) < 4.78 is 0. The van der Waals surface area contributed by atoms with Crippen molar-refractivity contribution in [2.75, 3.05) is 5.32 Å². The van der Waals surface area contributed by atoms with Crippen LogP contribution < -0.4 is 5.32 Å². The van der Waals surface area contributed by atoms with Gasteiger partial charge in [-0.05, 0) is 53.4 Å². The Morgan fingerprint density at radius 1 is 0.821 bits per heavy atom. The maximum atomic E-state index is 9.54. The Morgan fingerprint density at radius 2 is 1.54 bits per heavy atom. The molecule has 0 unspecified atom stereocenters. The first-order valence-electron chi connectivity index (χ1n) is 9.02. The fraction of sp³-hybridized carbons (Fsp3) is 0.0417. The van der Waals surface area contributed by atoms with E-state index in [0.717, 1.165) is 23.2 Å². The van der Waals surface area contributed by atoms with Crippen LogP contribution in [-0.4, -0.2) is 9.97 Å². The number of benzene rings is 2. The summed E-state index contributed by atoms with van der Waals surface area (Å²) in [6.07, 6.45) is 6.26. The Hall–Kier alpha value is -3.97. The third kappa shape index (κ3) is 4.05. The fourth-order valence-electron chi connectivity index (χ4n) is 3.02.